The molecule has 0 spiro atoms. The van der Waals surface area contributed by atoms with Crippen LogP contribution in [-0.4, -0.2) is 49.6 Å². The summed E-state index contributed by atoms with van der Waals surface area (Å²) in [5.74, 6) is 1.52. The maximum absolute atomic E-state index is 12.9. The zero-order valence-electron chi connectivity index (χ0n) is 16.1. The molecule has 0 atom stereocenters. The Bertz CT molecular complexity index is 969. The molecular weight excluding hydrogens is 372 g/mol. The third kappa shape index (κ3) is 4.18. The number of likely N-dealkylation sites (N-methyl/N-ethyl adjacent to an activating group) is 1. The first-order valence-electron chi connectivity index (χ1n) is 9.55. The van der Waals surface area contributed by atoms with Crippen molar-refractivity contribution in [2.24, 2.45) is 0 Å². The Balaban J connectivity index is 1.41. The summed E-state index contributed by atoms with van der Waals surface area (Å²) in [4.78, 5) is 26.9. The number of fused-ring (bicyclic) bond motifs is 2. The number of benzene rings is 2. The summed E-state index contributed by atoms with van der Waals surface area (Å²) in [5, 5.41) is 2.81. The fourth-order valence-electron chi connectivity index (χ4n) is 3.26. The number of ether oxygens (including phenoxy) is 3. The number of nitrogens with one attached hydrogen (secondary N) is 1. The molecule has 7 heteroatoms. The minimum atomic E-state index is -0.283. The Labute approximate surface area is 168 Å². The number of hydrogen-bond donors (Lipinski definition) is 1. The van der Waals surface area contributed by atoms with Crippen LogP contribution in [0.25, 0.3) is 6.08 Å². The highest BCUT2D eigenvalue weighted by molar-refractivity contribution is 6.02. The molecule has 2 amide bonds. The van der Waals surface area contributed by atoms with Crippen LogP contribution >= 0.6 is 0 Å². The van der Waals surface area contributed by atoms with E-state index in [0.29, 0.717) is 42.5 Å². The molecule has 0 saturated heterocycles. The van der Waals surface area contributed by atoms with E-state index in [1.54, 1.807) is 18.2 Å². The number of carbonyl (C=O) groups is 2. The van der Waals surface area contributed by atoms with Crippen molar-refractivity contribution in [2.75, 3.05) is 38.2 Å². The molecule has 0 bridgehead atoms. The maximum atomic E-state index is 12.9. The molecule has 0 fully saturated rings. The maximum Gasteiger partial charge on any atom is 0.253 e. The van der Waals surface area contributed by atoms with Crippen LogP contribution in [0.5, 0.6) is 17.2 Å². The third-order valence-corrected chi connectivity index (χ3v) is 4.74. The fraction of sp³-hybridized carbons (Fsp3) is 0.273. The van der Waals surface area contributed by atoms with Crippen LogP contribution in [0.3, 0.4) is 0 Å². The summed E-state index contributed by atoms with van der Waals surface area (Å²) in [5.41, 5.74) is 1.98. The lowest BCUT2D eigenvalue weighted by Gasteiger charge is -2.24. The van der Waals surface area contributed by atoms with Gasteiger partial charge in [-0.25, -0.2) is 0 Å². The second-order valence-electron chi connectivity index (χ2n) is 6.72. The van der Waals surface area contributed by atoms with E-state index in [1.165, 1.54) is 4.90 Å². The molecule has 150 valence electrons. The Hall–Kier alpha value is -3.48. The van der Waals surface area contributed by atoms with Crippen molar-refractivity contribution in [2.45, 2.75) is 6.92 Å². The van der Waals surface area contributed by atoms with E-state index in [4.69, 9.17) is 14.2 Å². The lowest BCUT2D eigenvalue weighted by molar-refractivity contribution is -0.131. The van der Waals surface area contributed by atoms with E-state index in [-0.39, 0.29) is 25.0 Å². The van der Waals surface area contributed by atoms with Gasteiger partial charge in [0.1, 0.15) is 32.1 Å². The normalized spacial score (nSPS) is 14.2. The molecule has 29 heavy (non-hydrogen) atoms. The van der Waals surface area contributed by atoms with Gasteiger partial charge in [0.15, 0.2) is 11.5 Å². The highest BCUT2D eigenvalue weighted by Crippen LogP contribution is 2.32. The Morgan fingerprint density at radius 1 is 1.00 bits per heavy atom. The Morgan fingerprint density at radius 2 is 1.79 bits per heavy atom. The molecule has 2 aliphatic rings. The fourth-order valence-corrected chi connectivity index (χ4v) is 3.26. The molecule has 2 aliphatic heterocycles. The van der Waals surface area contributed by atoms with E-state index < -0.39 is 0 Å². The first-order valence-corrected chi connectivity index (χ1v) is 9.55. The standard InChI is InChI=1S/C22H22N2O5/c1-2-24(22(26)16-11-15-5-3-4-6-18(15)29-14-16)13-21(25)23-17-7-8-19-20(12-17)28-10-9-27-19/h3-8,11-12H,2,9-10,13-14H2,1H3,(H,23,25). The van der Waals surface area contributed by atoms with Gasteiger partial charge in [0.25, 0.3) is 5.91 Å². The SMILES string of the molecule is CCN(CC(=O)Nc1ccc2c(c1)OCCO2)C(=O)C1=Cc2ccccc2OC1. The minimum Gasteiger partial charge on any atom is -0.488 e. The van der Waals surface area contributed by atoms with E-state index in [1.807, 2.05) is 37.3 Å². The monoisotopic (exact) mass is 394 g/mol. The van der Waals surface area contributed by atoms with Gasteiger partial charge in [-0.1, -0.05) is 18.2 Å². The van der Waals surface area contributed by atoms with Crippen molar-refractivity contribution in [3.05, 3.63) is 53.6 Å². The zero-order valence-corrected chi connectivity index (χ0v) is 16.1. The van der Waals surface area contributed by atoms with Gasteiger partial charge < -0.3 is 24.4 Å². The zero-order chi connectivity index (χ0) is 20.2. The van der Waals surface area contributed by atoms with Crippen LogP contribution in [0.2, 0.25) is 0 Å². The van der Waals surface area contributed by atoms with Crippen molar-refractivity contribution in [3.63, 3.8) is 0 Å². The van der Waals surface area contributed by atoms with Crippen LogP contribution < -0.4 is 19.5 Å². The molecule has 1 N–H and O–H groups in total. The van der Waals surface area contributed by atoms with E-state index in [9.17, 15) is 9.59 Å². The highest BCUT2D eigenvalue weighted by atomic mass is 16.6. The van der Waals surface area contributed by atoms with E-state index in [2.05, 4.69) is 5.32 Å². The largest absolute Gasteiger partial charge is 0.488 e. The predicted molar refractivity (Wildman–Crippen MR) is 108 cm³/mol. The first-order chi connectivity index (χ1) is 14.1. The number of nitrogens with zero attached hydrogens (tertiary/aromatic N) is 1. The summed E-state index contributed by atoms with van der Waals surface area (Å²) >= 11 is 0. The molecule has 0 aromatic heterocycles. The molecule has 0 aliphatic carbocycles. The number of carbonyl (C=O) groups excluding carboxylic acids is 2. The van der Waals surface area contributed by atoms with Gasteiger partial charge in [0.2, 0.25) is 5.91 Å². The van der Waals surface area contributed by atoms with Gasteiger partial charge in [-0.15, -0.1) is 0 Å². The first kappa shape index (κ1) is 18.9. The van der Waals surface area contributed by atoms with Gasteiger partial charge >= 0.3 is 0 Å². The van der Waals surface area contributed by atoms with Crippen LogP contribution in [-0.2, 0) is 9.59 Å². The van der Waals surface area contributed by atoms with E-state index in [0.717, 1.165) is 11.3 Å². The lowest BCUT2D eigenvalue weighted by Crippen LogP contribution is -2.39. The smallest absolute Gasteiger partial charge is 0.253 e. The van der Waals surface area contributed by atoms with Gasteiger partial charge in [-0.3, -0.25) is 9.59 Å². The second-order valence-corrected chi connectivity index (χ2v) is 6.72. The predicted octanol–water partition coefficient (Wildman–Crippen LogP) is 2.72. The number of hydrogen-bond acceptors (Lipinski definition) is 5. The summed E-state index contributed by atoms with van der Waals surface area (Å²) in [6.07, 6.45) is 1.82. The molecule has 4 rings (SSSR count). The van der Waals surface area contributed by atoms with Crippen molar-refractivity contribution >= 4 is 23.6 Å². The van der Waals surface area contributed by atoms with Crippen LogP contribution in [0.4, 0.5) is 5.69 Å². The van der Waals surface area contributed by atoms with Gasteiger partial charge in [-0.05, 0) is 31.2 Å². The summed E-state index contributed by atoms with van der Waals surface area (Å²) in [6, 6.07) is 12.8. The summed E-state index contributed by atoms with van der Waals surface area (Å²) in [7, 11) is 0. The van der Waals surface area contributed by atoms with Crippen molar-refractivity contribution in [1.82, 2.24) is 4.90 Å². The Morgan fingerprint density at radius 3 is 2.62 bits per heavy atom. The van der Waals surface area contributed by atoms with Gasteiger partial charge in [0, 0.05) is 23.9 Å². The topological polar surface area (TPSA) is 77.1 Å². The number of para-hydroxylation sites is 1. The second kappa shape index (κ2) is 8.26. The third-order valence-electron chi connectivity index (χ3n) is 4.74. The van der Waals surface area contributed by atoms with E-state index >= 15 is 0 Å². The molecular formula is C22H22N2O5. The number of amides is 2. The van der Waals surface area contributed by atoms with Crippen LogP contribution in [0.15, 0.2) is 48.0 Å². The van der Waals surface area contributed by atoms with Gasteiger partial charge in [0.05, 0.1) is 5.57 Å². The molecule has 0 saturated carbocycles. The molecule has 0 radical (unpaired) electrons. The molecule has 7 nitrogen and oxygen atoms in total. The average Bonchev–Trinajstić information content (AvgIpc) is 2.76. The highest BCUT2D eigenvalue weighted by Gasteiger charge is 2.23. The lowest BCUT2D eigenvalue weighted by atomic mass is 10.1. The van der Waals surface area contributed by atoms with Crippen LogP contribution in [0, 0.1) is 0 Å². The summed E-state index contributed by atoms with van der Waals surface area (Å²) in [6.45, 7) is 3.37. The Kier molecular flexibility index (Phi) is 5.37. The van der Waals surface area contributed by atoms with Crippen LogP contribution in [0.1, 0.15) is 12.5 Å². The quantitative estimate of drug-likeness (QED) is 0.844. The van der Waals surface area contributed by atoms with Gasteiger partial charge in [-0.2, -0.15) is 0 Å². The van der Waals surface area contributed by atoms with Crippen molar-refractivity contribution in [3.8, 4) is 17.2 Å². The minimum absolute atomic E-state index is 0.0528. The summed E-state index contributed by atoms with van der Waals surface area (Å²) < 4.78 is 16.7. The number of anilines is 1. The molecule has 2 heterocycles. The van der Waals surface area contributed by atoms with Crippen molar-refractivity contribution in [1.29, 1.82) is 0 Å². The number of rotatable bonds is 5. The van der Waals surface area contributed by atoms with Crippen molar-refractivity contribution < 1.29 is 23.8 Å². The average molecular weight is 394 g/mol. The molecule has 2 aromatic carbocycles. The molecule has 2 aromatic rings. The molecule has 0 unspecified atom stereocenters.